The van der Waals surface area contributed by atoms with Crippen molar-refractivity contribution < 1.29 is 12.8 Å². The van der Waals surface area contributed by atoms with E-state index in [1.807, 2.05) is 13.0 Å². The van der Waals surface area contributed by atoms with Crippen molar-refractivity contribution in [2.75, 3.05) is 0 Å². The van der Waals surface area contributed by atoms with Crippen LogP contribution in [-0.4, -0.2) is 13.0 Å². The molecule has 7 heteroatoms. The largest absolute Gasteiger partial charge is 0.419 e. The summed E-state index contributed by atoms with van der Waals surface area (Å²) in [6.45, 7) is 3.82. The summed E-state index contributed by atoms with van der Waals surface area (Å²) in [5, 5.41) is 0. The Morgan fingerprint density at radius 1 is 1.12 bits per heavy atom. The molecule has 3 aromatic rings. The van der Waals surface area contributed by atoms with E-state index < -0.39 is 15.8 Å². The minimum atomic E-state index is -3.61. The molecule has 0 aliphatic carbocycles. The van der Waals surface area contributed by atoms with E-state index in [0.717, 1.165) is 11.1 Å². The van der Waals surface area contributed by atoms with Crippen LogP contribution >= 0.6 is 0 Å². The summed E-state index contributed by atoms with van der Waals surface area (Å²) in [7, 11) is -2.00. The van der Waals surface area contributed by atoms with Crippen LogP contribution in [0, 0.1) is 13.8 Å². The highest BCUT2D eigenvalue weighted by molar-refractivity contribution is 7.89. The molecule has 0 amide bonds. The first-order chi connectivity index (χ1) is 11.3. The van der Waals surface area contributed by atoms with Crippen LogP contribution in [0.25, 0.3) is 11.1 Å². The van der Waals surface area contributed by atoms with E-state index in [-0.39, 0.29) is 11.4 Å². The van der Waals surface area contributed by atoms with Gasteiger partial charge in [0.1, 0.15) is 0 Å². The molecule has 1 heterocycles. The van der Waals surface area contributed by atoms with E-state index in [1.165, 1.54) is 4.57 Å². The molecular formula is C17H18N2O4S. The van der Waals surface area contributed by atoms with Gasteiger partial charge in [-0.15, -0.1) is 0 Å². The zero-order valence-electron chi connectivity index (χ0n) is 13.7. The molecule has 126 valence electrons. The molecule has 0 aliphatic rings. The average Bonchev–Trinajstić information content (AvgIpc) is 2.80. The predicted molar refractivity (Wildman–Crippen MR) is 91.4 cm³/mol. The molecule has 0 radical (unpaired) electrons. The molecule has 1 aromatic heterocycles. The van der Waals surface area contributed by atoms with E-state index in [9.17, 15) is 13.2 Å². The van der Waals surface area contributed by atoms with Crippen molar-refractivity contribution in [3.63, 3.8) is 0 Å². The number of nitrogens with one attached hydrogen (secondary N) is 1. The second-order valence-electron chi connectivity index (χ2n) is 5.82. The number of oxazole rings is 1. The van der Waals surface area contributed by atoms with Gasteiger partial charge in [0, 0.05) is 13.6 Å². The molecule has 3 rings (SSSR count). The number of rotatable bonds is 4. The lowest BCUT2D eigenvalue weighted by Gasteiger charge is -2.10. The quantitative estimate of drug-likeness (QED) is 0.785. The molecule has 0 saturated heterocycles. The maximum absolute atomic E-state index is 12.5. The van der Waals surface area contributed by atoms with Crippen molar-refractivity contribution in [2.45, 2.75) is 25.3 Å². The number of aromatic nitrogens is 1. The Labute approximate surface area is 139 Å². The van der Waals surface area contributed by atoms with Crippen molar-refractivity contribution in [3.8, 4) is 0 Å². The summed E-state index contributed by atoms with van der Waals surface area (Å²) in [6.07, 6.45) is 0. The monoisotopic (exact) mass is 346 g/mol. The Bertz CT molecular complexity index is 1080. The Balaban J connectivity index is 1.86. The lowest BCUT2D eigenvalue weighted by molar-refractivity contribution is 0.528. The normalized spacial score (nSPS) is 12.0. The van der Waals surface area contributed by atoms with Crippen LogP contribution in [-0.2, 0) is 23.6 Å². The third-order valence-corrected chi connectivity index (χ3v) is 5.50. The van der Waals surface area contributed by atoms with Gasteiger partial charge in [-0.1, -0.05) is 23.8 Å². The van der Waals surface area contributed by atoms with Crippen molar-refractivity contribution in [1.82, 2.24) is 9.29 Å². The highest BCUT2D eigenvalue weighted by Gasteiger charge is 2.16. The number of hydrogen-bond donors (Lipinski definition) is 1. The fraction of sp³-hybridized carbons (Fsp3) is 0.235. The first-order valence-electron chi connectivity index (χ1n) is 7.43. The zero-order chi connectivity index (χ0) is 17.5. The molecule has 24 heavy (non-hydrogen) atoms. The van der Waals surface area contributed by atoms with Gasteiger partial charge in [0.05, 0.1) is 10.4 Å². The molecule has 0 atom stereocenters. The summed E-state index contributed by atoms with van der Waals surface area (Å²) < 4.78 is 34.0. The van der Waals surface area contributed by atoms with E-state index in [4.69, 9.17) is 4.42 Å². The lowest BCUT2D eigenvalue weighted by atomic mass is 10.2. The molecule has 0 saturated carbocycles. The number of sulfonamides is 1. The second kappa shape index (κ2) is 5.92. The van der Waals surface area contributed by atoms with E-state index >= 15 is 0 Å². The maximum Gasteiger partial charge on any atom is 0.419 e. The van der Waals surface area contributed by atoms with E-state index in [1.54, 1.807) is 44.3 Å². The average molecular weight is 346 g/mol. The zero-order valence-corrected chi connectivity index (χ0v) is 14.5. The van der Waals surface area contributed by atoms with Crippen LogP contribution in [0.5, 0.6) is 0 Å². The van der Waals surface area contributed by atoms with Crippen molar-refractivity contribution >= 4 is 21.1 Å². The van der Waals surface area contributed by atoms with Crippen molar-refractivity contribution in [1.29, 1.82) is 0 Å². The lowest BCUT2D eigenvalue weighted by Crippen LogP contribution is -2.24. The van der Waals surface area contributed by atoms with Gasteiger partial charge in [0.2, 0.25) is 10.0 Å². The fourth-order valence-corrected chi connectivity index (χ4v) is 3.88. The molecule has 2 aromatic carbocycles. The second-order valence-corrected chi connectivity index (χ2v) is 7.56. The minimum Gasteiger partial charge on any atom is -0.408 e. The van der Waals surface area contributed by atoms with E-state index in [0.29, 0.717) is 16.7 Å². The van der Waals surface area contributed by atoms with Crippen molar-refractivity contribution in [3.05, 3.63) is 63.6 Å². The SMILES string of the molecule is Cc1ccc(S(=O)(=O)NCc2ccc3oc(=O)n(C)c3c2)c(C)c1. The van der Waals surface area contributed by atoms with Gasteiger partial charge < -0.3 is 4.42 Å². The molecule has 0 spiro atoms. The fourth-order valence-electron chi connectivity index (χ4n) is 2.64. The minimum absolute atomic E-state index is 0.130. The van der Waals surface area contributed by atoms with Gasteiger partial charge in [-0.2, -0.15) is 0 Å². The first-order valence-corrected chi connectivity index (χ1v) is 8.91. The summed E-state index contributed by atoms with van der Waals surface area (Å²) >= 11 is 0. The highest BCUT2D eigenvalue weighted by atomic mass is 32.2. The molecule has 1 N–H and O–H groups in total. The summed E-state index contributed by atoms with van der Waals surface area (Å²) in [5.74, 6) is -0.446. The van der Waals surface area contributed by atoms with Gasteiger partial charge in [-0.05, 0) is 43.2 Å². The van der Waals surface area contributed by atoms with Crippen LogP contribution < -0.4 is 10.5 Å². The summed E-state index contributed by atoms with van der Waals surface area (Å²) in [4.78, 5) is 11.8. The molecule has 0 unspecified atom stereocenters. The molecule has 0 aliphatic heterocycles. The van der Waals surface area contributed by atoms with E-state index in [2.05, 4.69) is 4.72 Å². The van der Waals surface area contributed by atoms with Crippen LogP contribution in [0.1, 0.15) is 16.7 Å². The number of aryl methyl sites for hydroxylation is 3. The Kier molecular flexibility index (Phi) is 4.06. The Hall–Kier alpha value is -2.38. The topological polar surface area (TPSA) is 81.3 Å². The molecule has 6 nitrogen and oxygen atoms in total. The standard InChI is InChI=1S/C17H18N2O4S/c1-11-4-7-16(12(2)8-11)24(21,22)18-10-13-5-6-15-14(9-13)19(3)17(20)23-15/h4-9,18H,10H2,1-3H3. The van der Waals surface area contributed by atoms with Gasteiger partial charge in [0.15, 0.2) is 5.58 Å². The van der Waals surface area contributed by atoms with Crippen LogP contribution in [0.2, 0.25) is 0 Å². The van der Waals surface area contributed by atoms with Gasteiger partial charge in [-0.25, -0.2) is 17.9 Å². The van der Waals surface area contributed by atoms with Gasteiger partial charge >= 0.3 is 5.76 Å². The molecule has 0 fully saturated rings. The van der Waals surface area contributed by atoms with Crippen LogP contribution in [0.15, 0.2) is 50.5 Å². The highest BCUT2D eigenvalue weighted by Crippen LogP contribution is 2.18. The van der Waals surface area contributed by atoms with Crippen LogP contribution in [0.3, 0.4) is 0 Å². The summed E-state index contributed by atoms with van der Waals surface area (Å²) in [5.41, 5.74) is 3.56. The summed E-state index contributed by atoms with van der Waals surface area (Å²) in [6, 6.07) is 10.4. The Morgan fingerprint density at radius 2 is 1.88 bits per heavy atom. The smallest absolute Gasteiger partial charge is 0.408 e. The molecular weight excluding hydrogens is 328 g/mol. The third-order valence-electron chi connectivity index (χ3n) is 3.94. The van der Waals surface area contributed by atoms with Crippen molar-refractivity contribution in [2.24, 2.45) is 7.05 Å². The maximum atomic E-state index is 12.5. The third kappa shape index (κ3) is 3.00. The number of fused-ring (bicyclic) bond motifs is 1. The molecule has 0 bridgehead atoms. The van der Waals surface area contributed by atoms with Crippen LogP contribution in [0.4, 0.5) is 0 Å². The van der Waals surface area contributed by atoms with Gasteiger partial charge in [0.25, 0.3) is 0 Å². The van der Waals surface area contributed by atoms with Gasteiger partial charge in [-0.3, -0.25) is 4.57 Å². The number of hydrogen-bond acceptors (Lipinski definition) is 4. The predicted octanol–water partition coefficient (Wildman–Crippen LogP) is 2.23. The number of nitrogens with zero attached hydrogens (tertiary/aromatic N) is 1. The number of benzene rings is 2. The first kappa shape index (κ1) is 16.5. The Morgan fingerprint density at radius 3 is 2.58 bits per heavy atom.